The molecule has 0 aliphatic rings. The minimum Gasteiger partial charge on any atom is -0.479 e. The average Bonchev–Trinajstić information content (AvgIpc) is 2.30. The van der Waals surface area contributed by atoms with Crippen LogP contribution in [0.2, 0.25) is 0 Å². The van der Waals surface area contributed by atoms with Gasteiger partial charge >= 0.3 is 11.9 Å². The van der Waals surface area contributed by atoms with Crippen LogP contribution in [0.3, 0.4) is 0 Å². The zero-order valence-corrected chi connectivity index (χ0v) is 8.22. The van der Waals surface area contributed by atoms with E-state index < -0.39 is 24.1 Å². The summed E-state index contributed by atoms with van der Waals surface area (Å²) in [6, 6.07) is 12.0. The minimum absolute atomic E-state index is 1.77. The second-order valence-corrected chi connectivity index (χ2v) is 2.72. The first-order valence-corrected chi connectivity index (χ1v) is 4.28. The van der Waals surface area contributed by atoms with Crippen LogP contribution in [0.15, 0.2) is 36.4 Å². The first kappa shape index (κ1) is 14.1. The molecule has 0 spiro atoms. The molecule has 0 amide bonds. The smallest absolute Gasteiger partial charge is 0.335 e. The summed E-state index contributed by atoms with van der Waals surface area (Å²) >= 11 is 0. The van der Waals surface area contributed by atoms with Crippen LogP contribution >= 0.6 is 0 Å². The van der Waals surface area contributed by atoms with Crippen molar-refractivity contribution in [2.24, 2.45) is 0 Å². The Kier molecular flexibility index (Phi) is 6.50. The number of aliphatic carboxylic acids is 2. The Hall–Kier alpha value is -1.92. The van der Waals surface area contributed by atoms with Crippen molar-refractivity contribution in [2.45, 2.75) is 12.2 Å². The zero-order chi connectivity index (χ0) is 12.6. The van der Waals surface area contributed by atoms with Gasteiger partial charge in [-0.15, -0.1) is 0 Å². The standard InChI is InChI=1S/C6H6.C4H6O6/c1-2-4-6-5-3-1;5-1(3(7)8)2(6)4(9)10/h1-6H;1-2,5-6H,(H,7,8)(H,9,10). The highest BCUT2D eigenvalue weighted by atomic mass is 16.4. The highest BCUT2D eigenvalue weighted by Gasteiger charge is 2.29. The van der Waals surface area contributed by atoms with Gasteiger partial charge in [-0.3, -0.25) is 0 Å². The molecule has 2 unspecified atom stereocenters. The summed E-state index contributed by atoms with van der Waals surface area (Å²) in [5, 5.41) is 32.5. The summed E-state index contributed by atoms with van der Waals surface area (Å²) in [5.41, 5.74) is 0. The van der Waals surface area contributed by atoms with Gasteiger partial charge in [0.05, 0.1) is 0 Å². The van der Waals surface area contributed by atoms with Crippen molar-refractivity contribution in [2.75, 3.05) is 0 Å². The maximum atomic E-state index is 9.77. The minimum atomic E-state index is -2.27. The molecule has 1 rings (SSSR count). The SMILES string of the molecule is O=C(O)C(O)C(O)C(=O)O.c1ccccc1. The van der Waals surface area contributed by atoms with Gasteiger partial charge in [0, 0.05) is 0 Å². The predicted molar refractivity (Wildman–Crippen MR) is 53.7 cm³/mol. The number of aliphatic hydroxyl groups excluding tert-OH is 2. The van der Waals surface area contributed by atoms with Crippen LogP contribution in [0, 0.1) is 0 Å². The molecule has 2 atom stereocenters. The van der Waals surface area contributed by atoms with Crippen molar-refractivity contribution in [3.05, 3.63) is 36.4 Å². The monoisotopic (exact) mass is 228 g/mol. The number of hydrogen-bond acceptors (Lipinski definition) is 4. The van der Waals surface area contributed by atoms with E-state index in [9.17, 15) is 9.59 Å². The van der Waals surface area contributed by atoms with Crippen molar-refractivity contribution in [1.29, 1.82) is 0 Å². The van der Waals surface area contributed by atoms with Gasteiger partial charge in [-0.05, 0) is 0 Å². The third kappa shape index (κ3) is 5.74. The Labute approximate surface area is 91.4 Å². The second kappa shape index (κ2) is 7.38. The Bertz CT molecular complexity index is 279. The number of carboxylic acids is 2. The molecule has 0 bridgehead atoms. The maximum absolute atomic E-state index is 9.77. The van der Waals surface area contributed by atoms with E-state index in [0.717, 1.165) is 0 Å². The van der Waals surface area contributed by atoms with Crippen LogP contribution in [0.4, 0.5) is 0 Å². The molecule has 6 heteroatoms. The normalized spacial score (nSPS) is 12.9. The summed E-state index contributed by atoms with van der Waals surface area (Å²) in [6.45, 7) is 0. The van der Waals surface area contributed by atoms with Gasteiger partial charge in [-0.2, -0.15) is 0 Å². The largest absolute Gasteiger partial charge is 0.479 e. The van der Waals surface area contributed by atoms with E-state index in [1.807, 2.05) is 36.4 Å². The van der Waals surface area contributed by atoms with Crippen molar-refractivity contribution in [1.82, 2.24) is 0 Å². The Morgan fingerprint density at radius 2 is 0.875 bits per heavy atom. The van der Waals surface area contributed by atoms with E-state index in [1.165, 1.54) is 0 Å². The molecule has 0 heterocycles. The fraction of sp³-hybridized carbons (Fsp3) is 0.200. The topological polar surface area (TPSA) is 115 Å². The van der Waals surface area contributed by atoms with Gasteiger partial charge in [-0.1, -0.05) is 36.4 Å². The fourth-order valence-electron chi connectivity index (χ4n) is 0.655. The van der Waals surface area contributed by atoms with Gasteiger partial charge in [0.25, 0.3) is 0 Å². The third-order valence-corrected chi connectivity index (χ3v) is 1.47. The lowest BCUT2D eigenvalue weighted by molar-refractivity contribution is -0.165. The van der Waals surface area contributed by atoms with Crippen LogP contribution in [-0.2, 0) is 9.59 Å². The predicted octanol–water partition coefficient (Wildman–Crippen LogP) is -0.436. The van der Waals surface area contributed by atoms with E-state index in [0.29, 0.717) is 0 Å². The van der Waals surface area contributed by atoms with Gasteiger partial charge in [-0.25, -0.2) is 9.59 Å². The van der Waals surface area contributed by atoms with Crippen LogP contribution in [0.5, 0.6) is 0 Å². The van der Waals surface area contributed by atoms with E-state index in [4.69, 9.17) is 20.4 Å². The molecule has 88 valence electrons. The van der Waals surface area contributed by atoms with Gasteiger partial charge in [0.1, 0.15) is 0 Å². The molecule has 0 saturated carbocycles. The summed E-state index contributed by atoms with van der Waals surface area (Å²) in [6.07, 6.45) is -4.53. The molecular weight excluding hydrogens is 216 g/mol. The highest BCUT2D eigenvalue weighted by Crippen LogP contribution is 1.92. The molecule has 0 aliphatic carbocycles. The second-order valence-electron chi connectivity index (χ2n) is 2.72. The maximum Gasteiger partial charge on any atom is 0.335 e. The molecule has 4 N–H and O–H groups in total. The van der Waals surface area contributed by atoms with E-state index >= 15 is 0 Å². The van der Waals surface area contributed by atoms with Gasteiger partial charge in [0.2, 0.25) is 0 Å². The number of aliphatic hydroxyl groups is 2. The molecule has 1 aromatic rings. The molecule has 0 aromatic heterocycles. The third-order valence-electron chi connectivity index (χ3n) is 1.47. The van der Waals surface area contributed by atoms with Crippen molar-refractivity contribution < 1.29 is 30.0 Å². The quantitative estimate of drug-likeness (QED) is 0.557. The zero-order valence-electron chi connectivity index (χ0n) is 8.22. The highest BCUT2D eigenvalue weighted by molar-refractivity contribution is 5.83. The van der Waals surface area contributed by atoms with Crippen molar-refractivity contribution in [3.63, 3.8) is 0 Å². The number of rotatable bonds is 3. The van der Waals surface area contributed by atoms with Crippen LogP contribution < -0.4 is 0 Å². The number of hydrogen-bond donors (Lipinski definition) is 4. The molecule has 6 nitrogen and oxygen atoms in total. The first-order valence-electron chi connectivity index (χ1n) is 4.28. The van der Waals surface area contributed by atoms with Crippen LogP contribution in [0.1, 0.15) is 0 Å². The van der Waals surface area contributed by atoms with E-state index in [-0.39, 0.29) is 0 Å². The van der Waals surface area contributed by atoms with Gasteiger partial charge < -0.3 is 20.4 Å². The Morgan fingerprint density at radius 3 is 1.00 bits per heavy atom. The summed E-state index contributed by atoms with van der Waals surface area (Å²) in [4.78, 5) is 19.5. The number of carbonyl (C=O) groups is 2. The summed E-state index contributed by atoms with van der Waals surface area (Å²) in [7, 11) is 0. The first-order chi connectivity index (χ1) is 7.46. The number of carboxylic acid groups (broad SMARTS) is 2. The average molecular weight is 228 g/mol. The van der Waals surface area contributed by atoms with Gasteiger partial charge in [0.15, 0.2) is 12.2 Å². The molecular formula is C10H12O6. The molecule has 16 heavy (non-hydrogen) atoms. The lowest BCUT2D eigenvalue weighted by Gasteiger charge is -2.07. The number of benzene rings is 1. The molecule has 0 radical (unpaired) electrons. The van der Waals surface area contributed by atoms with E-state index in [1.54, 1.807) is 0 Å². The molecule has 1 aromatic carbocycles. The van der Waals surface area contributed by atoms with Crippen LogP contribution in [-0.4, -0.2) is 44.6 Å². The van der Waals surface area contributed by atoms with Crippen LogP contribution in [0.25, 0.3) is 0 Å². The summed E-state index contributed by atoms with van der Waals surface area (Å²) < 4.78 is 0. The lowest BCUT2D eigenvalue weighted by atomic mass is 10.2. The van der Waals surface area contributed by atoms with Crippen molar-refractivity contribution >= 4 is 11.9 Å². The molecule has 0 saturated heterocycles. The lowest BCUT2D eigenvalue weighted by Crippen LogP contribution is -2.39. The molecule has 0 fully saturated rings. The van der Waals surface area contributed by atoms with E-state index in [2.05, 4.69) is 0 Å². The summed E-state index contributed by atoms with van der Waals surface area (Å²) in [5.74, 6) is -3.54. The fourth-order valence-corrected chi connectivity index (χ4v) is 0.655. The Balaban J connectivity index is 0.000000315. The van der Waals surface area contributed by atoms with Crippen molar-refractivity contribution in [3.8, 4) is 0 Å². The Morgan fingerprint density at radius 1 is 0.688 bits per heavy atom. The molecule has 0 aliphatic heterocycles.